The van der Waals surface area contributed by atoms with Gasteiger partial charge in [-0.15, -0.1) is 13.2 Å². The van der Waals surface area contributed by atoms with Gasteiger partial charge in [0.2, 0.25) is 0 Å². The first-order valence-corrected chi connectivity index (χ1v) is 20.1. The van der Waals surface area contributed by atoms with E-state index >= 15 is 0 Å². The number of hydrogen-bond acceptors (Lipinski definition) is 12. The van der Waals surface area contributed by atoms with E-state index in [1.54, 1.807) is 72.8 Å². The number of esters is 4. The molecule has 4 rings (SSSR count). The monoisotopic (exact) mass is 846 g/mol. The predicted molar refractivity (Wildman–Crippen MR) is 237 cm³/mol. The highest BCUT2D eigenvalue weighted by molar-refractivity contribution is 5.89. The Morgan fingerprint density at radius 1 is 0.393 bits per heavy atom. The number of carbonyl (C=O) groups excluding carboxylic acids is 4. The Labute approximate surface area is 361 Å². The Balaban J connectivity index is 0.000000776. The molecule has 12 heteroatoms. The largest absolute Gasteiger partial charge is 0.508 e. The Morgan fingerprint density at radius 3 is 0.836 bits per heavy atom. The highest BCUT2D eigenvalue weighted by atomic mass is 16.5. The van der Waals surface area contributed by atoms with Gasteiger partial charge in [-0.1, -0.05) is 91.8 Å². The first-order chi connectivity index (χ1) is 28.8. The van der Waals surface area contributed by atoms with Gasteiger partial charge in [-0.25, -0.2) is 4.79 Å². The van der Waals surface area contributed by atoms with Crippen LogP contribution in [0.1, 0.15) is 82.4 Å². The van der Waals surface area contributed by atoms with Crippen LogP contribution in [0.2, 0.25) is 0 Å². The maximum absolute atomic E-state index is 11.4. The van der Waals surface area contributed by atoms with Gasteiger partial charge in [-0.05, 0) is 101 Å². The molecule has 0 aliphatic carbocycles. The van der Waals surface area contributed by atoms with Crippen molar-refractivity contribution in [3.63, 3.8) is 0 Å². The van der Waals surface area contributed by atoms with Crippen molar-refractivity contribution in [2.75, 3.05) is 26.4 Å². The number of rotatable bonds is 15. The molecule has 0 aromatic heterocycles. The number of phenols is 4. The van der Waals surface area contributed by atoms with Gasteiger partial charge in [-0.2, -0.15) is 0 Å². The van der Waals surface area contributed by atoms with E-state index in [-0.39, 0.29) is 66.1 Å². The molecule has 0 heterocycles. The quantitative estimate of drug-likeness (QED) is 0.0505. The Hall–Kier alpha value is -6.30. The van der Waals surface area contributed by atoms with Crippen LogP contribution in [0.15, 0.2) is 110 Å². The van der Waals surface area contributed by atoms with Crippen LogP contribution in [0.4, 0.5) is 0 Å². The number of hydrogen-bond donors (Lipinski definition) is 4. The van der Waals surface area contributed by atoms with Gasteiger partial charge < -0.3 is 39.4 Å². The second kappa shape index (κ2) is 31.6. The Kier molecular flexibility index (Phi) is 28.3. The minimum absolute atomic E-state index is 0.144. The summed E-state index contributed by atoms with van der Waals surface area (Å²) in [7, 11) is 0. The molecule has 4 aromatic rings. The van der Waals surface area contributed by atoms with E-state index in [4.69, 9.17) is 39.4 Å². The number of benzene rings is 4. The zero-order valence-corrected chi connectivity index (χ0v) is 37.0. The average molecular weight is 847 g/mol. The van der Waals surface area contributed by atoms with E-state index < -0.39 is 0 Å². The Bertz CT molecular complexity index is 1640. The molecule has 0 aliphatic rings. The summed E-state index contributed by atoms with van der Waals surface area (Å²) in [6.07, 6.45) is 0.771. The lowest BCUT2D eigenvalue weighted by atomic mass is 10.1. The summed E-state index contributed by atoms with van der Waals surface area (Å²) in [5.41, 5.74) is 3.01. The van der Waals surface area contributed by atoms with Crippen molar-refractivity contribution >= 4 is 23.9 Å². The van der Waals surface area contributed by atoms with Crippen LogP contribution < -0.4 is 0 Å². The average Bonchev–Trinajstić information content (AvgIpc) is 3.22. The lowest BCUT2D eigenvalue weighted by Crippen LogP contribution is -2.12. The summed E-state index contributed by atoms with van der Waals surface area (Å²) in [5, 5.41) is 36.2. The summed E-state index contributed by atoms with van der Waals surface area (Å²) >= 11 is 0. The van der Waals surface area contributed by atoms with Gasteiger partial charge in [-0.3, -0.25) is 14.4 Å². The fourth-order valence-corrected chi connectivity index (χ4v) is 4.20. The van der Waals surface area contributed by atoms with E-state index in [1.165, 1.54) is 24.3 Å². The fraction of sp³-hybridized carbons (Fsp3) is 0.388. The van der Waals surface area contributed by atoms with Crippen LogP contribution in [0, 0.1) is 23.7 Å². The zero-order valence-electron chi connectivity index (χ0n) is 37.0. The highest BCUT2D eigenvalue weighted by Crippen LogP contribution is 2.14. The third kappa shape index (κ3) is 29.5. The molecule has 0 spiro atoms. The molecule has 0 aliphatic heterocycles. The maximum Gasteiger partial charge on any atom is 0.338 e. The number of phenolic OH excluding ortho intramolecular Hbond substituents is 4. The fourth-order valence-electron chi connectivity index (χ4n) is 4.20. The minimum atomic E-state index is -0.348. The van der Waals surface area contributed by atoms with Crippen molar-refractivity contribution in [3.8, 4) is 23.0 Å². The second-order valence-electron chi connectivity index (χ2n) is 15.3. The van der Waals surface area contributed by atoms with Crippen LogP contribution in [-0.4, -0.2) is 70.7 Å². The lowest BCUT2D eigenvalue weighted by molar-refractivity contribution is -0.144. The lowest BCUT2D eigenvalue weighted by Gasteiger charge is -2.06. The summed E-state index contributed by atoms with van der Waals surface area (Å²) in [6.45, 7) is 23.7. The molecule has 0 unspecified atom stereocenters. The second-order valence-corrected chi connectivity index (χ2v) is 15.3. The van der Waals surface area contributed by atoms with Crippen molar-refractivity contribution in [2.45, 2.75) is 74.7 Å². The molecular weight excluding hydrogens is 781 g/mol. The molecule has 4 N–H and O–H groups in total. The molecule has 334 valence electrons. The minimum Gasteiger partial charge on any atom is -0.508 e. The first kappa shape index (κ1) is 54.7. The van der Waals surface area contributed by atoms with Gasteiger partial charge in [0.25, 0.3) is 0 Å². The normalized spacial score (nSPS) is 10.0. The van der Waals surface area contributed by atoms with Crippen molar-refractivity contribution in [1.82, 2.24) is 0 Å². The molecular formula is C49H66O12. The summed E-state index contributed by atoms with van der Waals surface area (Å²) in [5.74, 6) is 1.12. The standard InChI is InChI=1S/3C12H16O3.C11H14O3.C2H4/c3*1-9(2)8-15-12(14)7-10-3-5-11(13)6-4-10;1-8(2)7-14-11(13)9-3-5-10(12)6-4-9;1-2/h3*3-6,9,13H,7-8H2,1-2H3;3-6,8,12H,7H2,1-2H3;1-2H2. The van der Waals surface area contributed by atoms with Crippen LogP contribution in [0.5, 0.6) is 23.0 Å². The molecule has 0 atom stereocenters. The smallest absolute Gasteiger partial charge is 0.338 e. The molecule has 0 fully saturated rings. The molecule has 0 saturated heterocycles. The van der Waals surface area contributed by atoms with Gasteiger partial charge in [0.15, 0.2) is 0 Å². The Morgan fingerprint density at radius 2 is 0.607 bits per heavy atom. The summed E-state index contributed by atoms with van der Waals surface area (Å²) < 4.78 is 20.1. The van der Waals surface area contributed by atoms with Gasteiger partial charge in [0, 0.05) is 0 Å². The van der Waals surface area contributed by atoms with Crippen molar-refractivity contribution < 1.29 is 58.6 Å². The van der Waals surface area contributed by atoms with Gasteiger partial charge in [0.1, 0.15) is 23.0 Å². The van der Waals surface area contributed by atoms with Crippen LogP contribution in [0.3, 0.4) is 0 Å². The molecule has 61 heavy (non-hydrogen) atoms. The zero-order chi connectivity index (χ0) is 46.3. The summed E-state index contributed by atoms with van der Waals surface area (Å²) in [4.78, 5) is 45.3. The van der Waals surface area contributed by atoms with E-state index in [1.807, 2.05) is 55.4 Å². The van der Waals surface area contributed by atoms with E-state index in [2.05, 4.69) is 13.2 Å². The molecule has 0 radical (unpaired) electrons. The molecule has 12 nitrogen and oxygen atoms in total. The van der Waals surface area contributed by atoms with Crippen LogP contribution in [0.25, 0.3) is 0 Å². The number of ether oxygens (including phenoxy) is 4. The third-order valence-electron chi connectivity index (χ3n) is 7.24. The first-order valence-electron chi connectivity index (χ1n) is 20.1. The molecule has 0 amide bonds. The van der Waals surface area contributed by atoms with E-state index in [9.17, 15) is 19.2 Å². The molecule has 0 saturated carbocycles. The SMILES string of the molecule is C=C.CC(C)COC(=O)Cc1ccc(O)cc1.CC(C)COC(=O)Cc1ccc(O)cc1.CC(C)COC(=O)Cc1ccc(O)cc1.CC(C)COC(=O)c1ccc(O)cc1. The van der Waals surface area contributed by atoms with Crippen LogP contribution >= 0.6 is 0 Å². The number of aromatic hydroxyl groups is 4. The molecule has 0 bridgehead atoms. The summed E-state index contributed by atoms with van der Waals surface area (Å²) in [6, 6.07) is 25.7. The predicted octanol–water partition coefficient (Wildman–Crippen LogP) is 9.41. The van der Waals surface area contributed by atoms with Gasteiger partial charge in [0.05, 0.1) is 51.3 Å². The number of carbonyl (C=O) groups is 4. The van der Waals surface area contributed by atoms with Crippen LogP contribution in [-0.2, 0) is 52.6 Å². The maximum atomic E-state index is 11.4. The van der Waals surface area contributed by atoms with Crippen molar-refractivity contribution in [1.29, 1.82) is 0 Å². The third-order valence-corrected chi connectivity index (χ3v) is 7.24. The van der Waals surface area contributed by atoms with Crippen molar-refractivity contribution in [2.24, 2.45) is 23.7 Å². The van der Waals surface area contributed by atoms with Gasteiger partial charge >= 0.3 is 23.9 Å². The van der Waals surface area contributed by atoms with E-state index in [0.717, 1.165) is 16.7 Å². The molecule has 4 aromatic carbocycles. The topological polar surface area (TPSA) is 186 Å². The van der Waals surface area contributed by atoms with Crippen molar-refractivity contribution in [3.05, 3.63) is 132 Å². The highest BCUT2D eigenvalue weighted by Gasteiger charge is 2.09. The van der Waals surface area contributed by atoms with E-state index in [0.29, 0.717) is 55.7 Å².